The second-order valence-electron chi connectivity index (χ2n) is 11.3. The number of fused-ring (bicyclic) bond motifs is 1. The van der Waals surface area contributed by atoms with Gasteiger partial charge in [-0.2, -0.15) is 4.98 Å². The number of likely N-dealkylation sites (N-methyl/N-ethyl adjacent to an activating group) is 2. The monoisotopic (exact) mass is 558 g/mol. The number of nitrogens with one attached hydrogen (secondary N) is 3. The van der Waals surface area contributed by atoms with Crippen molar-refractivity contribution in [2.45, 2.75) is 46.0 Å². The number of benzene rings is 1. The number of rotatable bonds is 11. The number of pyridine rings is 1. The van der Waals surface area contributed by atoms with E-state index in [-0.39, 0.29) is 17.2 Å². The van der Waals surface area contributed by atoms with Crippen LogP contribution in [0.15, 0.2) is 43.1 Å². The van der Waals surface area contributed by atoms with Crippen molar-refractivity contribution >= 4 is 40.4 Å². The Bertz CT molecular complexity index is 1440. The molecular weight excluding hydrogens is 516 g/mol. The van der Waals surface area contributed by atoms with Gasteiger partial charge in [0.1, 0.15) is 11.6 Å². The van der Waals surface area contributed by atoms with E-state index in [2.05, 4.69) is 71.1 Å². The highest BCUT2D eigenvalue weighted by Crippen LogP contribution is 2.45. The van der Waals surface area contributed by atoms with Crippen LogP contribution in [0.5, 0.6) is 5.75 Å². The maximum atomic E-state index is 12.3. The number of anilines is 6. The van der Waals surface area contributed by atoms with E-state index in [0.29, 0.717) is 23.1 Å². The maximum absolute atomic E-state index is 12.3. The largest absolute Gasteiger partial charge is 0.494 e. The number of ether oxygens (including phenoxy) is 1. The third-order valence-corrected chi connectivity index (χ3v) is 7.29. The molecule has 0 saturated carbocycles. The Morgan fingerprint density at radius 2 is 2.00 bits per heavy atom. The van der Waals surface area contributed by atoms with Gasteiger partial charge in [0.25, 0.3) is 0 Å². The van der Waals surface area contributed by atoms with E-state index in [0.717, 1.165) is 53.8 Å². The molecule has 218 valence electrons. The number of methoxy groups -OCH3 is 1. The molecule has 0 unspecified atom stereocenters. The Morgan fingerprint density at radius 1 is 1.24 bits per heavy atom. The normalized spacial score (nSPS) is 13.6. The van der Waals surface area contributed by atoms with Gasteiger partial charge in [-0.05, 0) is 44.2 Å². The van der Waals surface area contributed by atoms with Gasteiger partial charge in [0.05, 0.1) is 35.6 Å². The van der Waals surface area contributed by atoms with Crippen molar-refractivity contribution in [3.05, 3.63) is 60.1 Å². The molecule has 0 aliphatic carbocycles. The number of nitrogens with zero attached hydrogens (tertiary/aromatic N) is 5. The molecule has 1 aliphatic rings. The average molecular weight is 559 g/mol. The quantitative estimate of drug-likeness (QED) is 0.272. The van der Waals surface area contributed by atoms with Gasteiger partial charge in [-0.15, -0.1) is 0 Å². The first-order valence-electron chi connectivity index (χ1n) is 13.9. The molecule has 0 atom stereocenters. The van der Waals surface area contributed by atoms with Crippen LogP contribution < -0.4 is 30.5 Å². The van der Waals surface area contributed by atoms with Gasteiger partial charge in [0, 0.05) is 55.6 Å². The van der Waals surface area contributed by atoms with Crippen LogP contribution in [0.2, 0.25) is 0 Å². The molecule has 1 aliphatic heterocycles. The fourth-order valence-electron chi connectivity index (χ4n) is 5.03. The second-order valence-corrected chi connectivity index (χ2v) is 11.3. The summed E-state index contributed by atoms with van der Waals surface area (Å²) in [6, 6.07) is 7.91. The lowest BCUT2D eigenvalue weighted by molar-refractivity contribution is -0.111. The Hall–Kier alpha value is -4.18. The molecule has 2 aromatic heterocycles. The van der Waals surface area contributed by atoms with Crippen LogP contribution in [-0.4, -0.2) is 61.7 Å². The summed E-state index contributed by atoms with van der Waals surface area (Å²) in [7, 11) is 5.49. The average Bonchev–Trinajstić information content (AvgIpc) is 3.21. The fraction of sp³-hybridized carbons (Fsp3) is 0.419. The highest BCUT2D eigenvalue weighted by molar-refractivity contribution is 6.02. The summed E-state index contributed by atoms with van der Waals surface area (Å²) in [6.07, 6.45) is 3.13. The Morgan fingerprint density at radius 3 is 2.66 bits per heavy atom. The van der Waals surface area contributed by atoms with Gasteiger partial charge in [-0.25, -0.2) is 4.98 Å². The van der Waals surface area contributed by atoms with Crippen LogP contribution in [0.25, 0.3) is 0 Å². The minimum atomic E-state index is -0.302. The highest BCUT2D eigenvalue weighted by Gasteiger charge is 2.39. The Balaban J connectivity index is 1.77. The summed E-state index contributed by atoms with van der Waals surface area (Å²) in [4.78, 5) is 31.2. The van der Waals surface area contributed by atoms with E-state index in [4.69, 9.17) is 14.7 Å². The van der Waals surface area contributed by atoms with E-state index in [9.17, 15) is 4.79 Å². The molecule has 3 heterocycles. The smallest absolute Gasteiger partial charge is 0.247 e. The molecular formula is C31H42N8O2. The summed E-state index contributed by atoms with van der Waals surface area (Å²) in [5.41, 5.74) is 6.11. The first-order valence-corrected chi connectivity index (χ1v) is 13.9. The van der Waals surface area contributed by atoms with Crippen LogP contribution in [0, 0.1) is 6.92 Å². The van der Waals surface area contributed by atoms with Gasteiger partial charge < -0.3 is 30.5 Å². The van der Waals surface area contributed by atoms with Crippen molar-refractivity contribution in [2.75, 3.05) is 61.3 Å². The summed E-state index contributed by atoms with van der Waals surface area (Å²) in [5, 5.41) is 9.43. The zero-order chi connectivity index (χ0) is 29.9. The van der Waals surface area contributed by atoms with E-state index in [1.54, 1.807) is 7.11 Å². The van der Waals surface area contributed by atoms with Crippen LogP contribution in [0.1, 0.15) is 50.6 Å². The van der Waals surface area contributed by atoms with Gasteiger partial charge in [-0.1, -0.05) is 34.3 Å². The van der Waals surface area contributed by atoms with Crippen molar-refractivity contribution in [1.82, 2.24) is 20.3 Å². The first-order chi connectivity index (χ1) is 19.5. The van der Waals surface area contributed by atoms with Crippen LogP contribution in [0.4, 0.5) is 34.5 Å². The van der Waals surface area contributed by atoms with E-state index in [1.165, 1.54) is 6.08 Å². The Kier molecular flexibility index (Phi) is 8.82. The SMILES string of the molecule is C=CC(=O)Nc1cc(Nc2ncc(C(C)C)c(N3CC(C)(C)c4nc(C)ccc43)n2)c(OC)cc1N(C)CCNC. The standard InChI is InChI=1S/C31H42N8O2/c1-10-27(40)35-22-15-23(26(41-9)16-25(22)38(8)14-13-32-7)36-30-33-17-21(19(2)3)29(37-30)39-18-31(5,6)28-24(39)12-11-20(4)34-28/h10-12,15-17,19,32H,1,13-14,18H2,2-9H3,(H,35,40)(H,33,36,37). The third-order valence-electron chi connectivity index (χ3n) is 7.29. The fourth-order valence-corrected chi connectivity index (χ4v) is 5.03. The zero-order valence-electron chi connectivity index (χ0n) is 25.4. The lowest BCUT2D eigenvalue weighted by Gasteiger charge is -2.26. The number of amides is 1. The molecule has 3 aromatic rings. The molecule has 0 radical (unpaired) electrons. The topological polar surface area (TPSA) is 108 Å². The van der Waals surface area contributed by atoms with Crippen molar-refractivity contribution in [3.63, 3.8) is 0 Å². The molecule has 0 fully saturated rings. The minimum Gasteiger partial charge on any atom is -0.494 e. The number of aromatic nitrogens is 3. The van der Waals surface area contributed by atoms with Crippen LogP contribution in [0.3, 0.4) is 0 Å². The number of hydrogen-bond donors (Lipinski definition) is 3. The summed E-state index contributed by atoms with van der Waals surface area (Å²) in [6.45, 7) is 16.6. The van der Waals surface area contributed by atoms with Gasteiger partial charge in [-0.3, -0.25) is 9.78 Å². The van der Waals surface area contributed by atoms with Gasteiger partial charge >= 0.3 is 0 Å². The number of carbonyl (C=O) groups is 1. The molecule has 0 spiro atoms. The van der Waals surface area contributed by atoms with Gasteiger partial charge in [0.2, 0.25) is 11.9 Å². The molecule has 3 N–H and O–H groups in total. The van der Waals surface area contributed by atoms with E-state index in [1.807, 2.05) is 45.4 Å². The van der Waals surface area contributed by atoms with Crippen molar-refractivity contribution in [3.8, 4) is 5.75 Å². The molecule has 0 saturated heterocycles. The second kappa shape index (κ2) is 12.1. The lowest BCUT2D eigenvalue weighted by Crippen LogP contribution is -2.28. The molecule has 41 heavy (non-hydrogen) atoms. The van der Waals surface area contributed by atoms with Crippen LogP contribution in [-0.2, 0) is 10.2 Å². The van der Waals surface area contributed by atoms with Crippen LogP contribution >= 0.6 is 0 Å². The Labute approximate surface area is 243 Å². The molecule has 10 nitrogen and oxygen atoms in total. The molecule has 1 amide bonds. The van der Waals surface area contributed by atoms with Crippen molar-refractivity contribution < 1.29 is 9.53 Å². The maximum Gasteiger partial charge on any atom is 0.247 e. The minimum absolute atomic E-state index is 0.134. The summed E-state index contributed by atoms with van der Waals surface area (Å²) >= 11 is 0. The van der Waals surface area contributed by atoms with Crippen molar-refractivity contribution in [1.29, 1.82) is 0 Å². The third kappa shape index (κ3) is 6.27. The number of carbonyl (C=O) groups excluding carboxylic acids is 1. The predicted octanol–water partition coefficient (Wildman–Crippen LogP) is 5.27. The van der Waals surface area contributed by atoms with E-state index < -0.39 is 0 Å². The lowest BCUT2D eigenvalue weighted by atomic mass is 9.91. The van der Waals surface area contributed by atoms with Crippen molar-refractivity contribution in [2.24, 2.45) is 0 Å². The predicted molar refractivity (Wildman–Crippen MR) is 167 cm³/mol. The summed E-state index contributed by atoms with van der Waals surface area (Å²) < 4.78 is 5.76. The molecule has 0 bridgehead atoms. The molecule has 1 aromatic carbocycles. The molecule has 10 heteroatoms. The highest BCUT2D eigenvalue weighted by atomic mass is 16.5. The number of aryl methyl sites for hydroxylation is 1. The van der Waals surface area contributed by atoms with Gasteiger partial charge in [0.15, 0.2) is 0 Å². The van der Waals surface area contributed by atoms with E-state index >= 15 is 0 Å². The molecule has 4 rings (SSSR count). The first kappa shape index (κ1) is 29.8. The summed E-state index contributed by atoms with van der Waals surface area (Å²) in [5.74, 6) is 1.78. The zero-order valence-corrected chi connectivity index (χ0v) is 25.4. The number of hydrogen-bond acceptors (Lipinski definition) is 9.